The molecule has 1 aliphatic heterocycles. The first-order chi connectivity index (χ1) is 21.7. The Kier molecular flexibility index (Phi) is 10.6. The lowest BCUT2D eigenvalue weighted by atomic mass is 10.1. The third-order valence-corrected chi connectivity index (χ3v) is 10.1. The molecule has 3 aromatic rings. The number of carbonyl (C=O) groups is 1. The number of fused-ring (bicyclic) bond motifs is 1. The van der Waals surface area contributed by atoms with Crippen LogP contribution in [0.25, 0.3) is 10.9 Å². The number of likely N-dealkylation sites (tertiary alicyclic amines) is 1. The van der Waals surface area contributed by atoms with Crippen LogP contribution in [-0.4, -0.2) is 77.8 Å². The minimum absolute atomic E-state index is 0.0391. The van der Waals surface area contributed by atoms with Crippen LogP contribution >= 0.6 is 23.2 Å². The van der Waals surface area contributed by atoms with Gasteiger partial charge in [0, 0.05) is 36.8 Å². The summed E-state index contributed by atoms with van der Waals surface area (Å²) in [6, 6.07) is 4.49. The lowest BCUT2D eigenvalue weighted by Gasteiger charge is -2.31. The summed E-state index contributed by atoms with van der Waals surface area (Å²) in [7, 11) is -2.23. The van der Waals surface area contributed by atoms with Crippen LogP contribution < -0.4 is 16.0 Å². The summed E-state index contributed by atoms with van der Waals surface area (Å²) in [5.74, 6) is -1.01. The fourth-order valence-corrected chi connectivity index (χ4v) is 7.03. The van der Waals surface area contributed by atoms with Gasteiger partial charge in [-0.3, -0.25) is 14.3 Å². The van der Waals surface area contributed by atoms with Crippen molar-refractivity contribution < 1.29 is 35.9 Å². The van der Waals surface area contributed by atoms with Crippen LogP contribution in [0, 0.1) is 0 Å². The van der Waals surface area contributed by atoms with Gasteiger partial charge in [-0.15, -0.1) is 13.2 Å². The molecule has 0 spiro atoms. The smallest absolute Gasteiger partial charge is 0.444 e. The first-order valence-corrected chi connectivity index (χ1v) is 17.0. The summed E-state index contributed by atoms with van der Waals surface area (Å²) in [6.07, 6.45) is -4.39. The van der Waals surface area contributed by atoms with Crippen molar-refractivity contribution in [2.45, 2.75) is 76.5 Å². The Labute approximate surface area is 279 Å². The molecule has 4 rings (SSSR count). The number of halogens is 5. The first-order valence-electron chi connectivity index (χ1n) is 14.6. The number of sulfone groups is 1. The number of amides is 1. The van der Waals surface area contributed by atoms with E-state index in [1.807, 2.05) is 4.90 Å². The molecule has 0 unspecified atom stereocenters. The second kappa shape index (κ2) is 13.7. The molecule has 0 saturated carbocycles. The molecule has 0 bridgehead atoms. The van der Waals surface area contributed by atoms with E-state index >= 15 is 0 Å². The fourth-order valence-electron chi connectivity index (χ4n) is 5.42. The molecule has 1 N–H and O–H groups in total. The maximum Gasteiger partial charge on any atom is 0.573 e. The zero-order valence-corrected chi connectivity index (χ0v) is 28.7. The van der Waals surface area contributed by atoms with E-state index in [0.29, 0.717) is 24.0 Å². The lowest BCUT2D eigenvalue weighted by Crippen LogP contribution is -2.43. The van der Waals surface area contributed by atoms with Crippen LogP contribution in [0.15, 0.2) is 38.8 Å². The Bertz CT molecular complexity index is 1910. The Morgan fingerprint density at radius 3 is 2.43 bits per heavy atom. The number of H-pyrrole nitrogens is 1. The van der Waals surface area contributed by atoms with Gasteiger partial charge in [0.2, 0.25) is 0 Å². The predicted octanol–water partition coefficient (Wildman–Crippen LogP) is 5.57. The van der Waals surface area contributed by atoms with Crippen LogP contribution in [0.5, 0.6) is 5.75 Å². The molecular formula is C30H35Cl2F3N4O7S. The molecule has 1 atom stereocenters. The van der Waals surface area contributed by atoms with E-state index in [4.69, 9.17) is 27.9 Å². The molecule has 1 amide bonds. The van der Waals surface area contributed by atoms with Crippen LogP contribution in [0.4, 0.5) is 18.0 Å². The molecule has 2 aromatic carbocycles. The highest BCUT2D eigenvalue weighted by molar-refractivity contribution is 7.91. The maximum absolute atomic E-state index is 13.7. The number of rotatable bonds is 9. The van der Waals surface area contributed by atoms with Gasteiger partial charge in [0.05, 0.1) is 33.1 Å². The highest BCUT2D eigenvalue weighted by Crippen LogP contribution is 2.37. The highest BCUT2D eigenvalue weighted by Gasteiger charge is 2.35. The molecule has 47 heavy (non-hydrogen) atoms. The number of hydrogen-bond donors (Lipinski definition) is 1. The lowest BCUT2D eigenvalue weighted by molar-refractivity contribution is -0.274. The third kappa shape index (κ3) is 8.61. The summed E-state index contributed by atoms with van der Waals surface area (Å²) in [4.78, 5) is 45.0. The van der Waals surface area contributed by atoms with E-state index in [1.54, 1.807) is 27.8 Å². The number of benzene rings is 2. The Hall–Kier alpha value is -3.27. The number of likely N-dealkylation sites (N-methyl/N-ethyl adjacent to an activating group) is 1. The van der Waals surface area contributed by atoms with Crippen molar-refractivity contribution in [2.75, 3.05) is 25.9 Å². The van der Waals surface area contributed by atoms with Gasteiger partial charge < -0.3 is 19.4 Å². The van der Waals surface area contributed by atoms with Crippen molar-refractivity contribution in [1.82, 2.24) is 19.4 Å². The molecule has 0 radical (unpaired) electrons. The van der Waals surface area contributed by atoms with Gasteiger partial charge in [0.15, 0.2) is 9.84 Å². The summed E-state index contributed by atoms with van der Waals surface area (Å²) in [5.41, 5.74) is -3.02. The molecule has 1 aromatic heterocycles. The molecule has 258 valence electrons. The second-order valence-electron chi connectivity index (χ2n) is 12.2. The van der Waals surface area contributed by atoms with Crippen LogP contribution in [0.1, 0.15) is 51.7 Å². The first kappa shape index (κ1) is 36.6. The van der Waals surface area contributed by atoms with Crippen molar-refractivity contribution in [3.8, 4) is 5.75 Å². The van der Waals surface area contributed by atoms with Gasteiger partial charge in [0.25, 0.3) is 5.56 Å². The number of aromatic nitrogens is 2. The van der Waals surface area contributed by atoms with Gasteiger partial charge in [-0.2, -0.15) is 0 Å². The normalized spacial score (nSPS) is 16.1. The quantitative estimate of drug-likeness (QED) is 0.304. The summed E-state index contributed by atoms with van der Waals surface area (Å²) in [6.45, 7) is 6.60. The molecule has 0 aliphatic carbocycles. The van der Waals surface area contributed by atoms with Crippen molar-refractivity contribution in [2.24, 2.45) is 0 Å². The number of nitrogens with one attached hydrogen (secondary N) is 1. The minimum atomic E-state index is -5.15. The van der Waals surface area contributed by atoms with Crippen LogP contribution in [0.3, 0.4) is 0 Å². The van der Waals surface area contributed by atoms with Crippen molar-refractivity contribution in [1.29, 1.82) is 0 Å². The van der Waals surface area contributed by atoms with Gasteiger partial charge in [-0.25, -0.2) is 18.0 Å². The average molecular weight is 724 g/mol. The van der Waals surface area contributed by atoms with Crippen molar-refractivity contribution >= 4 is 50.0 Å². The predicted molar refractivity (Wildman–Crippen MR) is 171 cm³/mol. The molecule has 11 nitrogen and oxygen atoms in total. The number of alkyl halides is 3. The highest BCUT2D eigenvalue weighted by atomic mass is 35.5. The zero-order valence-electron chi connectivity index (χ0n) is 26.3. The van der Waals surface area contributed by atoms with E-state index in [1.165, 1.54) is 30.0 Å². The molecule has 1 aliphatic rings. The topological polar surface area (TPSA) is 131 Å². The zero-order chi connectivity index (χ0) is 35.1. The second-order valence-corrected chi connectivity index (χ2v) is 15.3. The van der Waals surface area contributed by atoms with E-state index in [0.717, 1.165) is 6.07 Å². The maximum atomic E-state index is 13.7. The van der Waals surface area contributed by atoms with E-state index in [9.17, 15) is 36.0 Å². The van der Waals surface area contributed by atoms with Crippen molar-refractivity contribution in [3.05, 3.63) is 66.3 Å². The standard InChI is InChI=1S/C30H35Cl2F3N4O7S/c1-6-47(43,44)23-10-9-18(31)12-17(23)14-39-26(40)20-13-22(45-30(33,34)35)21(24(32)25(20)36-27(39)41)16-38-11-7-8-19(38)15-37(5)28(42)46-29(2,3)4/h9-10,12-13,19H,6-8,11,14-16H2,1-5H3,(H,36,41)/t19-/m0/s1. The van der Waals surface area contributed by atoms with E-state index in [2.05, 4.69) is 9.72 Å². The van der Waals surface area contributed by atoms with Gasteiger partial charge in [-0.05, 0) is 70.0 Å². The van der Waals surface area contributed by atoms with Gasteiger partial charge >= 0.3 is 18.1 Å². The third-order valence-electron chi connectivity index (χ3n) is 7.62. The van der Waals surface area contributed by atoms with Gasteiger partial charge in [0.1, 0.15) is 11.4 Å². The van der Waals surface area contributed by atoms with Crippen LogP contribution in [-0.2, 0) is 27.7 Å². The largest absolute Gasteiger partial charge is 0.573 e. The minimum Gasteiger partial charge on any atom is -0.444 e. The average Bonchev–Trinajstić information content (AvgIpc) is 3.38. The number of nitrogens with zero attached hydrogens (tertiary/aromatic N) is 3. The number of hydrogen-bond acceptors (Lipinski definition) is 8. The molecule has 17 heteroatoms. The number of ether oxygens (including phenoxy) is 2. The van der Waals surface area contributed by atoms with E-state index < -0.39 is 51.4 Å². The SMILES string of the molecule is CCS(=O)(=O)c1ccc(Cl)cc1Cn1c(=O)[nH]c2c(Cl)c(CN3CCC[C@H]3CN(C)C(=O)OC(C)(C)C)c(OC(F)(F)F)cc2c1=O. The number of aromatic amines is 1. The summed E-state index contributed by atoms with van der Waals surface area (Å²) in [5, 5.41) is -0.570. The Morgan fingerprint density at radius 2 is 1.81 bits per heavy atom. The Balaban J connectivity index is 1.77. The molecular weight excluding hydrogens is 688 g/mol. The van der Waals surface area contributed by atoms with E-state index in [-0.39, 0.29) is 61.9 Å². The number of carbonyl (C=O) groups excluding carboxylic acids is 1. The molecule has 1 fully saturated rings. The fraction of sp³-hybridized carbons (Fsp3) is 0.500. The van der Waals surface area contributed by atoms with Gasteiger partial charge in [-0.1, -0.05) is 30.1 Å². The molecule has 2 heterocycles. The Morgan fingerprint density at radius 1 is 1.13 bits per heavy atom. The molecule has 1 saturated heterocycles. The summed E-state index contributed by atoms with van der Waals surface area (Å²) >= 11 is 12.7. The van der Waals surface area contributed by atoms with Crippen LogP contribution in [0.2, 0.25) is 10.0 Å². The summed E-state index contributed by atoms with van der Waals surface area (Å²) < 4.78 is 76.7. The monoisotopic (exact) mass is 722 g/mol. The van der Waals surface area contributed by atoms with Crippen molar-refractivity contribution in [3.63, 3.8) is 0 Å².